The summed E-state index contributed by atoms with van der Waals surface area (Å²) in [7, 11) is -1.68. The van der Waals surface area contributed by atoms with Gasteiger partial charge in [0.2, 0.25) is 0 Å². The molecule has 1 atom stereocenters. The molecule has 2 aromatic heterocycles. The van der Waals surface area contributed by atoms with Crippen molar-refractivity contribution in [3.05, 3.63) is 59.4 Å². The summed E-state index contributed by atoms with van der Waals surface area (Å²) < 4.78 is 27.8. The monoisotopic (exact) mass is 389 g/mol. The van der Waals surface area contributed by atoms with Crippen LogP contribution in [0, 0.1) is 0 Å². The number of aromatic nitrogens is 2. The van der Waals surface area contributed by atoms with Gasteiger partial charge in [-0.05, 0) is 62.7 Å². The van der Waals surface area contributed by atoms with Crippen LogP contribution in [0.4, 0.5) is 0 Å². The van der Waals surface area contributed by atoms with E-state index in [9.17, 15) is 8.42 Å². The maximum atomic E-state index is 13.2. The largest absolute Gasteiger partial charge is 0.303 e. The zero-order valence-electron chi connectivity index (χ0n) is 14.5. The van der Waals surface area contributed by atoms with Gasteiger partial charge in [-0.3, -0.25) is 4.98 Å². The molecule has 0 bridgehead atoms. The quantitative estimate of drug-likeness (QED) is 0.684. The third kappa shape index (κ3) is 2.92. The average molecular weight is 390 g/mol. The molecule has 26 heavy (non-hydrogen) atoms. The summed E-state index contributed by atoms with van der Waals surface area (Å²) in [6.45, 7) is 1.08. The minimum atomic E-state index is -3.79. The van der Waals surface area contributed by atoms with Crippen LogP contribution in [0.3, 0.4) is 0 Å². The van der Waals surface area contributed by atoms with Crippen molar-refractivity contribution >= 4 is 32.7 Å². The van der Waals surface area contributed by atoms with E-state index >= 15 is 0 Å². The first kappa shape index (κ1) is 17.5. The maximum Gasteiger partial charge on any atom is 0.269 e. The molecular weight excluding hydrogens is 370 g/mol. The molecule has 1 aromatic carbocycles. The standard InChI is InChI=1S/C19H20ClN3O2S/c1-22-11-5-6-15(22)12-14-13-23(17-8-4-10-21-19(14)17)26(24,25)18-9-3-2-7-16(18)20/h2-4,7-10,13,15H,5-6,11-12H2,1H3/t15-/m1/s1. The number of nitrogens with zero attached hydrogens (tertiary/aromatic N) is 3. The van der Waals surface area contributed by atoms with Crippen LogP contribution in [-0.4, -0.2) is 41.9 Å². The molecular formula is C19H20ClN3O2S. The van der Waals surface area contributed by atoms with E-state index in [1.807, 2.05) is 0 Å². The molecule has 0 unspecified atom stereocenters. The van der Waals surface area contributed by atoms with Crippen LogP contribution < -0.4 is 0 Å². The van der Waals surface area contributed by atoms with Gasteiger partial charge >= 0.3 is 0 Å². The summed E-state index contributed by atoms with van der Waals surface area (Å²) in [6, 6.07) is 10.5. The Balaban J connectivity index is 1.85. The minimum Gasteiger partial charge on any atom is -0.303 e. The van der Waals surface area contributed by atoms with Crippen LogP contribution >= 0.6 is 11.6 Å². The Morgan fingerprint density at radius 2 is 2.04 bits per heavy atom. The fourth-order valence-electron chi connectivity index (χ4n) is 3.69. The Bertz CT molecular complexity index is 1060. The molecule has 3 aromatic rings. The number of likely N-dealkylation sites (N-methyl/N-ethyl adjacent to an activating group) is 1. The van der Waals surface area contributed by atoms with E-state index in [0.717, 1.165) is 30.5 Å². The molecule has 0 radical (unpaired) electrons. The fourth-order valence-corrected chi connectivity index (χ4v) is 5.57. The Kier molecular flexibility index (Phi) is 4.50. The molecule has 0 aliphatic carbocycles. The second-order valence-corrected chi connectivity index (χ2v) is 8.93. The van der Waals surface area contributed by atoms with Crippen molar-refractivity contribution in [3.63, 3.8) is 0 Å². The van der Waals surface area contributed by atoms with Crippen molar-refractivity contribution in [3.8, 4) is 0 Å². The lowest BCUT2D eigenvalue weighted by Crippen LogP contribution is -2.26. The Morgan fingerprint density at radius 3 is 2.77 bits per heavy atom. The van der Waals surface area contributed by atoms with Crippen molar-refractivity contribution in [2.24, 2.45) is 0 Å². The van der Waals surface area contributed by atoms with E-state index in [0.29, 0.717) is 11.6 Å². The van der Waals surface area contributed by atoms with Crippen LogP contribution in [-0.2, 0) is 16.4 Å². The van der Waals surface area contributed by atoms with E-state index < -0.39 is 10.0 Å². The topological polar surface area (TPSA) is 55.2 Å². The van der Waals surface area contributed by atoms with Gasteiger partial charge in [0.05, 0.1) is 16.1 Å². The number of halogens is 1. The van der Waals surface area contributed by atoms with Gasteiger partial charge in [-0.15, -0.1) is 0 Å². The van der Waals surface area contributed by atoms with E-state index in [2.05, 4.69) is 16.9 Å². The molecule has 3 heterocycles. The predicted molar refractivity (Wildman–Crippen MR) is 103 cm³/mol. The number of pyridine rings is 1. The SMILES string of the molecule is CN1CCC[C@@H]1Cc1cn(S(=O)(=O)c2ccccc2Cl)c2cccnc12. The van der Waals surface area contributed by atoms with Crippen LogP contribution in [0.2, 0.25) is 5.02 Å². The van der Waals surface area contributed by atoms with Crippen LogP contribution in [0.5, 0.6) is 0 Å². The molecule has 0 saturated carbocycles. The van der Waals surface area contributed by atoms with E-state index in [1.165, 1.54) is 16.5 Å². The zero-order chi connectivity index (χ0) is 18.3. The van der Waals surface area contributed by atoms with Crippen LogP contribution in [0.15, 0.2) is 53.7 Å². The molecule has 0 amide bonds. The summed E-state index contributed by atoms with van der Waals surface area (Å²) in [5.74, 6) is 0. The lowest BCUT2D eigenvalue weighted by molar-refractivity contribution is 0.309. The van der Waals surface area contributed by atoms with Gasteiger partial charge in [0.1, 0.15) is 4.90 Å². The smallest absolute Gasteiger partial charge is 0.269 e. The number of rotatable bonds is 4. The number of likely N-dealkylation sites (tertiary alicyclic amines) is 1. The maximum absolute atomic E-state index is 13.2. The summed E-state index contributed by atoms with van der Waals surface area (Å²) in [5, 5.41) is 0.218. The Labute approximate surface area is 158 Å². The number of hydrogen-bond donors (Lipinski definition) is 0. The second-order valence-electron chi connectivity index (χ2n) is 6.74. The number of fused-ring (bicyclic) bond motifs is 1. The highest BCUT2D eigenvalue weighted by atomic mass is 35.5. The first-order valence-corrected chi connectivity index (χ1v) is 10.5. The van der Waals surface area contributed by atoms with Crippen molar-refractivity contribution in [1.82, 2.24) is 13.9 Å². The molecule has 1 fully saturated rings. The van der Waals surface area contributed by atoms with Crippen molar-refractivity contribution in [2.75, 3.05) is 13.6 Å². The highest BCUT2D eigenvalue weighted by Gasteiger charge is 2.27. The Hall–Kier alpha value is -1.89. The van der Waals surface area contributed by atoms with Crippen LogP contribution in [0.1, 0.15) is 18.4 Å². The fraction of sp³-hybridized carbons (Fsp3) is 0.316. The number of benzene rings is 1. The molecule has 7 heteroatoms. The molecule has 4 rings (SSSR count). The van der Waals surface area contributed by atoms with Gasteiger partial charge < -0.3 is 4.90 Å². The van der Waals surface area contributed by atoms with Crippen molar-refractivity contribution in [1.29, 1.82) is 0 Å². The molecule has 136 valence electrons. The predicted octanol–water partition coefficient (Wildman–Crippen LogP) is 3.56. The Morgan fingerprint density at radius 1 is 1.23 bits per heavy atom. The molecule has 1 saturated heterocycles. The first-order chi connectivity index (χ1) is 12.5. The molecule has 1 aliphatic rings. The summed E-state index contributed by atoms with van der Waals surface area (Å²) in [4.78, 5) is 6.89. The van der Waals surface area contributed by atoms with Gasteiger partial charge in [-0.2, -0.15) is 0 Å². The highest BCUT2D eigenvalue weighted by Crippen LogP contribution is 2.30. The summed E-state index contributed by atoms with van der Waals surface area (Å²) in [6.07, 6.45) is 6.49. The second kappa shape index (κ2) is 6.68. The van der Waals surface area contributed by atoms with Gasteiger partial charge in [-0.25, -0.2) is 12.4 Å². The molecule has 0 N–H and O–H groups in total. The number of hydrogen-bond acceptors (Lipinski definition) is 4. The lowest BCUT2D eigenvalue weighted by atomic mass is 10.1. The van der Waals surface area contributed by atoms with E-state index in [4.69, 9.17) is 11.6 Å². The normalized spacial score (nSPS) is 18.6. The zero-order valence-corrected chi connectivity index (χ0v) is 16.0. The van der Waals surface area contributed by atoms with Crippen molar-refractivity contribution in [2.45, 2.75) is 30.2 Å². The van der Waals surface area contributed by atoms with Gasteiger partial charge in [0, 0.05) is 18.4 Å². The van der Waals surface area contributed by atoms with Gasteiger partial charge in [-0.1, -0.05) is 23.7 Å². The summed E-state index contributed by atoms with van der Waals surface area (Å²) in [5.41, 5.74) is 2.28. The summed E-state index contributed by atoms with van der Waals surface area (Å²) >= 11 is 6.16. The third-order valence-electron chi connectivity index (χ3n) is 5.10. The van der Waals surface area contributed by atoms with Crippen molar-refractivity contribution < 1.29 is 8.42 Å². The third-order valence-corrected chi connectivity index (χ3v) is 7.28. The molecule has 5 nitrogen and oxygen atoms in total. The molecule has 1 aliphatic heterocycles. The molecule has 0 spiro atoms. The van der Waals surface area contributed by atoms with Gasteiger partial charge in [0.25, 0.3) is 10.0 Å². The minimum absolute atomic E-state index is 0.104. The lowest BCUT2D eigenvalue weighted by Gasteiger charge is -2.18. The van der Waals surface area contributed by atoms with Crippen LogP contribution in [0.25, 0.3) is 11.0 Å². The highest BCUT2D eigenvalue weighted by molar-refractivity contribution is 7.90. The van der Waals surface area contributed by atoms with Gasteiger partial charge in [0.15, 0.2) is 0 Å². The first-order valence-electron chi connectivity index (χ1n) is 8.64. The van der Waals surface area contributed by atoms with E-state index in [-0.39, 0.29) is 9.92 Å². The average Bonchev–Trinajstić information content (AvgIpc) is 3.20. The van der Waals surface area contributed by atoms with E-state index in [1.54, 1.807) is 42.7 Å².